The normalized spacial score (nSPS) is 15.7. The van der Waals surface area contributed by atoms with Crippen molar-refractivity contribution in [2.24, 2.45) is 11.8 Å². The number of carboxylic acid groups (broad SMARTS) is 1. The molecule has 141 heavy (non-hydrogen) atoms. The van der Waals surface area contributed by atoms with Gasteiger partial charge in [0.25, 0.3) is 0 Å². The molecule has 0 bridgehead atoms. The molecular formula is C86H114Cl6F4N10O27S8. The summed E-state index contributed by atoms with van der Waals surface area (Å²) in [6.07, 6.45) is 12.9. The number of methoxy groups -OCH3 is 2. The van der Waals surface area contributed by atoms with Crippen molar-refractivity contribution in [2.75, 3.05) is 227 Å². The number of aromatic carboxylic acids is 1. The Labute approximate surface area is 863 Å². The number of esters is 3. The number of hydrogen-bond donors (Lipinski definition) is 3. The van der Waals surface area contributed by atoms with Gasteiger partial charge >= 0.3 is 37.1 Å². The van der Waals surface area contributed by atoms with Crippen molar-refractivity contribution in [3.63, 3.8) is 0 Å². The average Bonchev–Trinajstić information content (AvgIpc) is 1.79. The summed E-state index contributed by atoms with van der Waals surface area (Å²) in [7, 11) is -11.6. The van der Waals surface area contributed by atoms with Crippen LogP contribution in [0.1, 0.15) is 98.8 Å². The second-order valence-corrected chi connectivity index (χ2v) is 44.6. The molecule has 0 radical (unpaired) electrons. The molecule has 0 unspecified atom stereocenters. The van der Waals surface area contributed by atoms with E-state index in [-0.39, 0.29) is 104 Å². The molecule has 2 aliphatic carbocycles. The lowest BCUT2D eigenvalue weighted by Gasteiger charge is -2.30. The number of halogens is 10. The summed E-state index contributed by atoms with van der Waals surface area (Å²) in [6, 6.07) is 15.0. The summed E-state index contributed by atoms with van der Waals surface area (Å²) in [6.45, 7) is 9.95. The van der Waals surface area contributed by atoms with Gasteiger partial charge in [-0.05, 0) is 119 Å². The third-order valence-electron chi connectivity index (χ3n) is 21.2. The first-order chi connectivity index (χ1) is 65.6. The Balaban J connectivity index is 0.000000276. The number of benzene rings is 2. The molecule has 7 N–H and O–H groups in total. The van der Waals surface area contributed by atoms with Gasteiger partial charge in [-0.3, -0.25) is 37.2 Å². The number of alkyl halides is 5. The Morgan fingerprint density at radius 3 is 1.17 bits per heavy atom. The number of aromatic nitrogens is 2. The second-order valence-electron chi connectivity index (χ2n) is 31.5. The van der Waals surface area contributed by atoms with Crippen LogP contribution >= 0.6 is 116 Å². The van der Waals surface area contributed by atoms with E-state index in [2.05, 4.69) is 48.5 Å². The highest BCUT2D eigenvalue weighted by molar-refractivity contribution is 7.93. The van der Waals surface area contributed by atoms with E-state index in [9.17, 15) is 75.5 Å². The quantitative estimate of drug-likeness (QED) is 0.0139. The number of hydrogen-bond acceptors (Lipinski definition) is 34. The van der Waals surface area contributed by atoms with Gasteiger partial charge in [0.15, 0.2) is 47.8 Å². The highest BCUT2D eigenvalue weighted by atomic mass is 35.5. The summed E-state index contributed by atoms with van der Waals surface area (Å²) in [5, 5.41) is 27.6. The van der Waals surface area contributed by atoms with E-state index in [0.29, 0.717) is 157 Å². The molecule has 4 saturated heterocycles. The molecule has 14 rings (SSSR count). The van der Waals surface area contributed by atoms with Crippen LogP contribution in [0.4, 0.5) is 40.3 Å². The van der Waals surface area contributed by atoms with Crippen LogP contribution in [-0.4, -0.2) is 321 Å². The fourth-order valence-electron chi connectivity index (χ4n) is 13.7. The molecule has 55 heteroatoms. The van der Waals surface area contributed by atoms with Gasteiger partial charge in [0.2, 0.25) is 40.1 Å². The number of carbonyl (C=O) groups is 4. The maximum atomic E-state index is 13.8. The van der Waals surface area contributed by atoms with E-state index < -0.39 is 89.4 Å². The summed E-state index contributed by atoms with van der Waals surface area (Å²) >= 11 is 35.0. The van der Waals surface area contributed by atoms with E-state index in [1.807, 2.05) is 0 Å². The molecule has 788 valence electrons. The van der Waals surface area contributed by atoms with Crippen LogP contribution in [-0.2, 0) is 86.1 Å². The zero-order valence-electron chi connectivity index (χ0n) is 77.4. The Bertz CT molecular complexity index is 5690. The summed E-state index contributed by atoms with van der Waals surface area (Å²) < 4.78 is 210. The van der Waals surface area contributed by atoms with Gasteiger partial charge in [0.05, 0.1) is 134 Å². The fraction of sp³-hybridized carbons (Fsp3) is 0.512. The van der Waals surface area contributed by atoms with Crippen LogP contribution in [0.5, 0.6) is 23.0 Å². The standard InChI is InChI=1S/C30H33Cl2F2N3O7S2.C18H17Cl2F2NO3.C13H20N2O5S2.C12H18N2O5S2.C7H9NO4S2.C6H12ClNO.ClH.2H2O/c1-46(39,40)37(8-7-36-9-11-41-12-10-36)24-6-13-45-28(24)29(38)43-26(15-21-22(31)16-35-17-23(21)32)20-4-5-25(44-30(33)34)27(14-20)42-18-19-2-3-19;19-13-7-23-8-14(20)12(13)6-15(24)11-3-4-16(26-18(21)22)17(5-11)25-9-10-1-2-10;1-19-13(16)12-11(3-10-21-12)15(22(2,17)18)5-4-14-6-8-20-9-7-14;1-21(17,18)14(4-3-13-5-7-19-8-6-13)10-2-9-20-11(10)12(15)16;1-12-7(9)6-5(3-4-13-6)8-14(2,10)11;7-1-2-8-3-5-9-6-4-8;;;/h4-6,13-14,16-17,19,26,30H,2-3,7-12,15,18H2,1H3;3-5,7-8,10,15,18,24H,1-2,6,9H2;3,10H,4-9H2,1-2H3;2,9H,3-8H2,1H3,(H,15,16);3-4,8H,1-2H3;1-6H2;1H;2*1H2/t26-;15-;;;;;;;/m00......./s1. The number of nitrogens with zero attached hydrogens (tertiary/aromatic N) is 7. The fourth-order valence-corrected chi connectivity index (χ4v) is 21.7. The number of ether oxygens (including phenoxy) is 11. The second kappa shape index (κ2) is 60.1. The maximum Gasteiger partial charge on any atom is 0.387 e. The van der Waals surface area contributed by atoms with E-state index in [1.165, 1.54) is 99.4 Å². The van der Waals surface area contributed by atoms with Crippen molar-refractivity contribution >= 4 is 202 Å². The number of nitrogens with one attached hydrogen (secondary N) is 3. The number of anilines is 4. The SMILES string of the molecule is COC(=O)c1sccc1N(CCN1CCOCC1)S(C)(=O)=O.COC(=O)c1sccc1NS(C)(=O)=O.CS(=O)(=O)N(CCN1CCOCC1)c1ccsc1C(=O)O.CS(=O)(=O)N(CCN1CCOCC1)c1ccsc1C(=O)O[C@@H](Cc1c(Cl)c[nH+]cc1Cl)c1ccc(OC(F)F)c(OCC2CC2)c1.Cl.ClCCN1CCOCC1.O[C@@H](Cc1c(Cl)c[nH+]cc1Cl)c1ccc(OC(F)F)c(OCC2CC2)c1.[OH-].[OH-]. The highest BCUT2D eigenvalue weighted by Gasteiger charge is 2.34. The number of aliphatic hydroxyl groups is 1. The van der Waals surface area contributed by atoms with Crippen LogP contribution < -0.4 is 46.6 Å². The summed E-state index contributed by atoms with van der Waals surface area (Å²) in [5.41, 5.74) is 3.04. The Morgan fingerprint density at radius 1 is 0.482 bits per heavy atom. The van der Waals surface area contributed by atoms with Crippen molar-refractivity contribution in [3.8, 4) is 23.0 Å². The molecule has 2 atom stereocenters. The van der Waals surface area contributed by atoms with Crippen molar-refractivity contribution in [1.29, 1.82) is 0 Å². The smallest absolute Gasteiger partial charge is 0.387 e. The first-order valence-corrected chi connectivity index (χ1v) is 56.0. The number of aromatic amines is 2. The van der Waals surface area contributed by atoms with Crippen molar-refractivity contribution in [3.05, 3.63) is 169 Å². The van der Waals surface area contributed by atoms with Crippen LogP contribution in [0.2, 0.25) is 20.1 Å². The van der Waals surface area contributed by atoms with E-state index in [0.717, 1.165) is 150 Å². The maximum absolute atomic E-state index is 13.8. The van der Waals surface area contributed by atoms with Gasteiger partial charge in [0, 0.05) is 128 Å². The molecule has 4 aliphatic heterocycles. The van der Waals surface area contributed by atoms with Crippen LogP contribution in [0.15, 0.2) is 107 Å². The van der Waals surface area contributed by atoms with Crippen molar-refractivity contribution in [1.82, 2.24) is 19.6 Å². The van der Waals surface area contributed by atoms with Gasteiger partial charge in [-0.2, -0.15) is 17.6 Å². The topological polar surface area (TPSA) is 470 Å². The number of carboxylic acids is 1. The minimum absolute atomic E-state index is 0. The predicted molar refractivity (Wildman–Crippen MR) is 532 cm³/mol. The average molecular weight is 2270 g/mol. The number of pyridine rings is 2. The number of carbonyl (C=O) groups excluding carboxylic acids is 3. The molecule has 37 nitrogen and oxygen atoms in total. The number of sulfonamides is 4. The van der Waals surface area contributed by atoms with E-state index >= 15 is 0 Å². The minimum Gasteiger partial charge on any atom is -0.870 e. The molecule has 6 fully saturated rings. The van der Waals surface area contributed by atoms with Crippen LogP contribution in [0, 0.1) is 11.8 Å². The van der Waals surface area contributed by atoms with E-state index in [1.54, 1.807) is 46.0 Å². The van der Waals surface area contributed by atoms with Crippen LogP contribution in [0.25, 0.3) is 0 Å². The van der Waals surface area contributed by atoms with Gasteiger partial charge in [-0.15, -0.1) is 69.4 Å². The lowest BCUT2D eigenvalue weighted by molar-refractivity contribution is -0.378. The minimum atomic E-state index is -3.77. The Kier molecular flexibility index (Phi) is 52.1. The first-order valence-electron chi connectivity index (χ1n) is 43.0. The zero-order valence-corrected chi connectivity index (χ0v) is 88.5. The molecule has 2 aromatic carbocycles. The van der Waals surface area contributed by atoms with Gasteiger partial charge in [-0.1, -0.05) is 58.5 Å². The molecule has 6 aliphatic rings. The molecular weight excluding hydrogens is 2150 g/mol. The molecule has 0 spiro atoms. The lowest BCUT2D eigenvalue weighted by Crippen LogP contribution is -2.43. The lowest BCUT2D eigenvalue weighted by atomic mass is 10.0. The monoisotopic (exact) mass is 2260 g/mol. The van der Waals surface area contributed by atoms with Gasteiger partial charge in [-0.25, -0.2) is 62.8 Å². The van der Waals surface area contributed by atoms with Crippen LogP contribution in [0.3, 0.4) is 0 Å². The van der Waals surface area contributed by atoms with Gasteiger partial charge < -0.3 is 73.3 Å². The molecule has 8 aromatic rings. The number of rotatable bonds is 40. The highest BCUT2D eigenvalue weighted by Crippen LogP contribution is 2.42. The third kappa shape index (κ3) is 40.8. The third-order valence-corrected chi connectivity index (χ3v) is 30.4. The van der Waals surface area contributed by atoms with Crippen molar-refractivity contribution < 1.29 is 154 Å². The Morgan fingerprint density at radius 2 is 0.816 bits per heavy atom. The molecule has 2 saturated carbocycles. The number of aliphatic hydroxyl groups excluding tert-OH is 1. The number of morpholine rings is 4. The molecule has 10 heterocycles. The largest absolute Gasteiger partial charge is 0.870 e. The van der Waals surface area contributed by atoms with E-state index in [4.69, 9.17) is 101 Å². The summed E-state index contributed by atoms with van der Waals surface area (Å²) in [5.74, 6) is -1.40. The van der Waals surface area contributed by atoms with Crippen molar-refractivity contribution in [2.45, 2.75) is 64.0 Å². The molecule has 0 amide bonds. The van der Waals surface area contributed by atoms with Gasteiger partial charge in [0.1, 0.15) is 45.7 Å². The zero-order chi connectivity index (χ0) is 100. The summed E-state index contributed by atoms with van der Waals surface area (Å²) in [4.78, 5) is 62.9. The molecule has 6 aromatic heterocycles. The number of H-pyrrole nitrogens is 2. The Hall–Kier alpha value is -7.36. The number of thiophene rings is 4. The first kappa shape index (κ1) is 122. The predicted octanol–water partition coefficient (Wildman–Crippen LogP) is 12.7.